The molecule has 1 fully saturated rings. The lowest BCUT2D eigenvalue weighted by Gasteiger charge is -2.31. The maximum Gasteiger partial charge on any atom is 0.0118 e. The van der Waals surface area contributed by atoms with Gasteiger partial charge < -0.3 is 0 Å². The zero-order chi connectivity index (χ0) is 13.8. The normalized spacial score (nSPS) is 17.9. The number of hydrogen-bond donors (Lipinski definition) is 0. The molecule has 1 aliphatic carbocycles. The molecule has 3 rings (SSSR count). The van der Waals surface area contributed by atoms with Crippen LogP contribution >= 0.6 is 0 Å². The molecule has 0 aromatic heterocycles. The largest absolute Gasteiger partial charge is 0.0622 e. The van der Waals surface area contributed by atoms with Gasteiger partial charge in [0.15, 0.2) is 0 Å². The second kappa shape index (κ2) is 6.26. The first-order valence-electron chi connectivity index (χ1n) is 7.96. The monoisotopic (exact) mass is 264 g/mol. The van der Waals surface area contributed by atoms with Crippen molar-refractivity contribution in [3.8, 4) is 0 Å². The molecule has 1 aliphatic rings. The SMILES string of the molecule is Cc1ccc(C(c2ccccc2)C2CCCCC2)cc1. The van der Waals surface area contributed by atoms with E-state index in [4.69, 9.17) is 0 Å². The second-order valence-electron chi connectivity index (χ2n) is 6.20. The molecule has 0 aliphatic heterocycles. The van der Waals surface area contributed by atoms with Gasteiger partial charge in [-0.2, -0.15) is 0 Å². The standard InChI is InChI=1S/C20H24/c1-16-12-14-19(15-13-16)20(17-8-4-2-5-9-17)18-10-6-3-7-11-18/h2,4-5,8-9,12-15,18,20H,3,6-7,10-11H2,1H3. The first-order chi connectivity index (χ1) is 9.84. The molecule has 0 bridgehead atoms. The van der Waals surface area contributed by atoms with Crippen molar-refractivity contribution in [3.05, 3.63) is 71.3 Å². The molecule has 104 valence electrons. The van der Waals surface area contributed by atoms with E-state index in [9.17, 15) is 0 Å². The van der Waals surface area contributed by atoms with E-state index in [1.807, 2.05) is 0 Å². The summed E-state index contributed by atoms with van der Waals surface area (Å²) in [5.41, 5.74) is 4.33. The summed E-state index contributed by atoms with van der Waals surface area (Å²) in [7, 11) is 0. The van der Waals surface area contributed by atoms with Crippen LogP contribution in [0.25, 0.3) is 0 Å². The average Bonchev–Trinajstić information content (AvgIpc) is 2.52. The van der Waals surface area contributed by atoms with E-state index in [0.29, 0.717) is 5.92 Å². The molecule has 1 atom stereocenters. The van der Waals surface area contributed by atoms with Crippen LogP contribution in [0, 0.1) is 12.8 Å². The molecule has 0 amide bonds. The Bertz CT molecular complexity index is 518. The van der Waals surface area contributed by atoms with Gasteiger partial charge in [0.1, 0.15) is 0 Å². The molecular weight excluding hydrogens is 240 g/mol. The fourth-order valence-corrected chi connectivity index (χ4v) is 3.64. The van der Waals surface area contributed by atoms with Gasteiger partial charge >= 0.3 is 0 Å². The van der Waals surface area contributed by atoms with Crippen molar-refractivity contribution in [2.24, 2.45) is 5.92 Å². The van der Waals surface area contributed by atoms with Crippen molar-refractivity contribution in [2.75, 3.05) is 0 Å². The molecule has 1 saturated carbocycles. The molecule has 1 unspecified atom stereocenters. The number of hydrogen-bond acceptors (Lipinski definition) is 0. The van der Waals surface area contributed by atoms with Crippen LogP contribution < -0.4 is 0 Å². The first-order valence-corrected chi connectivity index (χ1v) is 7.96. The van der Waals surface area contributed by atoms with Crippen molar-refractivity contribution < 1.29 is 0 Å². The van der Waals surface area contributed by atoms with E-state index in [1.54, 1.807) is 0 Å². The van der Waals surface area contributed by atoms with Crippen molar-refractivity contribution in [2.45, 2.75) is 44.9 Å². The average molecular weight is 264 g/mol. The molecule has 0 spiro atoms. The van der Waals surface area contributed by atoms with Crippen LogP contribution in [0.15, 0.2) is 54.6 Å². The molecule has 20 heavy (non-hydrogen) atoms. The van der Waals surface area contributed by atoms with Crippen molar-refractivity contribution in [3.63, 3.8) is 0 Å². The third kappa shape index (κ3) is 2.95. The fourth-order valence-electron chi connectivity index (χ4n) is 3.64. The Kier molecular flexibility index (Phi) is 4.20. The molecule has 0 nitrogen and oxygen atoms in total. The maximum atomic E-state index is 2.33. The molecular formula is C20H24. The molecule has 0 N–H and O–H groups in total. The van der Waals surface area contributed by atoms with Gasteiger partial charge in [0, 0.05) is 5.92 Å². The van der Waals surface area contributed by atoms with Crippen molar-refractivity contribution in [1.82, 2.24) is 0 Å². The predicted molar refractivity (Wildman–Crippen MR) is 86.0 cm³/mol. The van der Waals surface area contributed by atoms with Crippen LogP contribution in [0.5, 0.6) is 0 Å². The zero-order valence-electron chi connectivity index (χ0n) is 12.4. The maximum absolute atomic E-state index is 2.33. The summed E-state index contributed by atoms with van der Waals surface area (Å²) in [4.78, 5) is 0. The minimum atomic E-state index is 0.581. The minimum Gasteiger partial charge on any atom is -0.0622 e. The fraction of sp³-hybridized carbons (Fsp3) is 0.400. The van der Waals surface area contributed by atoms with E-state index in [0.717, 1.165) is 5.92 Å². The number of aryl methyl sites for hydroxylation is 1. The number of benzene rings is 2. The van der Waals surface area contributed by atoms with E-state index >= 15 is 0 Å². The van der Waals surface area contributed by atoms with Gasteiger partial charge in [-0.25, -0.2) is 0 Å². The summed E-state index contributed by atoms with van der Waals surface area (Å²) in [5, 5.41) is 0. The number of rotatable bonds is 3. The Labute approximate surface area is 122 Å². The lowest BCUT2D eigenvalue weighted by molar-refractivity contribution is 0.327. The van der Waals surface area contributed by atoms with Gasteiger partial charge in [0.2, 0.25) is 0 Å². The third-order valence-electron chi connectivity index (χ3n) is 4.72. The van der Waals surface area contributed by atoms with Crippen LogP contribution in [0.2, 0.25) is 0 Å². The molecule has 2 aromatic rings. The summed E-state index contributed by atoms with van der Waals surface area (Å²) in [5.74, 6) is 1.39. The van der Waals surface area contributed by atoms with Crippen LogP contribution in [0.3, 0.4) is 0 Å². The summed E-state index contributed by atoms with van der Waals surface area (Å²) in [6, 6.07) is 20.3. The summed E-state index contributed by atoms with van der Waals surface area (Å²) < 4.78 is 0. The van der Waals surface area contributed by atoms with Gasteiger partial charge in [-0.05, 0) is 36.8 Å². The lowest BCUT2D eigenvalue weighted by Crippen LogP contribution is -2.17. The Morgan fingerprint density at radius 1 is 0.750 bits per heavy atom. The van der Waals surface area contributed by atoms with Gasteiger partial charge in [0.05, 0.1) is 0 Å². The van der Waals surface area contributed by atoms with E-state index < -0.39 is 0 Å². The predicted octanol–water partition coefficient (Wildman–Crippen LogP) is 5.71. The zero-order valence-corrected chi connectivity index (χ0v) is 12.4. The van der Waals surface area contributed by atoms with Gasteiger partial charge in [-0.1, -0.05) is 79.4 Å². The smallest absolute Gasteiger partial charge is 0.0118 e. The Morgan fingerprint density at radius 3 is 2.00 bits per heavy atom. The summed E-state index contributed by atoms with van der Waals surface area (Å²) in [6.45, 7) is 2.17. The summed E-state index contributed by atoms with van der Waals surface area (Å²) >= 11 is 0. The highest BCUT2D eigenvalue weighted by Crippen LogP contribution is 2.40. The van der Waals surface area contributed by atoms with E-state index in [-0.39, 0.29) is 0 Å². The Balaban J connectivity index is 1.96. The minimum absolute atomic E-state index is 0.581. The molecule has 0 saturated heterocycles. The van der Waals surface area contributed by atoms with Crippen LogP contribution in [0.4, 0.5) is 0 Å². The molecule has 0 heteroatoms. The van der Waals surface area contributed by atoms with E-state index in [2.05, 4.69) is 61.5 Å². The van der Waals surface area contributed by atoms with Crippen molar-refractivity contribution in [1.29, 1.82) is 0 Å². The highest BCUT2D eigenvalue weighted by Gasteiger charge is 2.26. The second-order valence-corrected chi connectivity index (χ2v) is 6.20. The summed E-state index contributed by atoms with van der Waals surface area (Å²) in [6.07, 6.45) is 6.99. The Morgan fingerprint density at radius 2 is 1.35 bits per heavy atom. The third-order valence-corrected chi connectivity index (χ3v) is 4.72. The molecule has 0 radical (unpaired) electrons. The molecule has 0 heterocycles. The van der Waals surface area contributed by atoms with Crippen LogP contribution in [-0.2, 0) is 0 Å². The quantitative estimate of drug-likeness (QED) is 0.666. The van der Waals surface area contributed by atoms with Gasteiger partial charge in [-0.3, -0.25) is 0 Å². The van der Waals surface area contributed by atoms with Crippen LogP contribution in [-0.4, -0.2) is 0 Å². The highest BCUT2D eigenvalue weighted by molar-refractivity contribution is 5.34. The highest BCUT2D eigenvalue weighted by atomic mass is 14.3. The van der Waals surface area contributed by atoms with Gasteiger partial charge in [-0.15, -0.1) is 0 Å². The Hall–Kier alpha value is -1.56. The first kappa shape index (κ1) is 13.4. The van der Waals surface area contributed by atoms with Crippen LogP contribution in [0.1, 0.15) is 54.7 Å². The van der Waals surface area contributed by atoms with E-state index in [1.165, 1.54) is 48.8 Å². The topological polar surface area (TPSA) is 0 Å². The van der Waals surface area contributed by atoms with Crippen molar-refractivity contribution >= 4 is 0 Å². The molecule has 2 aromatic carbocycles. The lowest BCUT2D eigenvalue weighted by atomic mass is 9.73. The van der Waals surface area contributed by atoms with Gasteiger partial charge in [0.25, 0.3) is 0 Å².